The van der Waals surface area contributed by atoms with Gasteiger partial charge in [0.1, 0.15) is 17.5 Å². The van der Waals surface area contributed by atoms with Crippen molar-refractivity contribution in [2.75, 3.05) is 41.3 Å². The SMILES string of the molecule is Cc1nccc(N2CCN(c3ccc(C(=O)Nc4cccc(Cl)c4)cn3)CC2)n1. The molecule has 1 aliphatic rings. The number of aromatic nitrogens is 3. The predicted molar refractivity (Wildman–Crippen MR) is 115 cm³/mol. The lowest BCUT2D eigenvalue weighted by molar-refractivity contribution is 0.102. The average molecular weight is 409 g/mol. The van der Waals surface area contributed by atoms with Crippen molar-refractivity contribution in [2.24, 2.45) is 0 Å². The van der Waals surface area contributed by atoms with E-state index in [0.29, 0.717) is 16.3 Å². The van der Waals surface area contributed by atoms with Crippen molar-refractivity contribution in [3.8, 4) is 0 Å². The third-order valence-corrected chi connectivity index (χ3v) is 5.02. The van der Waals surface area contributed by atoms with Crippen LogP contribution in [0.3, 0.4) is 0 Å². The van der Waals surface area contributed by atoms with Crippen molar-refractivity contribution in [2.45, 2.75) is 6.92 Å². The van der Waals surface area contributed by atoms with E-state index in [9.17, 15) is 4.79 Å². The predicted octanol–water partition coefficient (Wildman–Crippen LogP) is 3.41. The molecular formula is C21H21ClN6O. The summed E-state index contributed by atoms with van der Waals surface area (Å²) in [7, 11) is 0. The van der Waals surface area contributed by atoms with E-state index >= 15 is 0 Å². The summed E-state index contributed by atoms with van der Waals surface area (Å²) in [6, 6.07) is 12.7. The molecule has 0 spiro atoms. The Morgan fingerprint density at radius 1 is 1.00 bits per heavy atom. The molecule has 1 fully saturated rings. The number of carbonyl (C=O) groups is 1. The van der Waals surface area contributed by atoms with Gasteiger partial charge in [0.25, 0.3) is 5.91 Å². The Morgan fingerprint density at radius 3 is 2.41 bits per heavy atom. The Balaban J connectivity index is 1.36. The number of hydrogen-bond donors (Lipinski definition) is 1. The molecule has 0 bridgehead atoms. The lowest BCUT2D eigenvalue weighted by Gasteiger charge is -2.36. The maximum Gasteiger partial charge on any atom is 0.257 e. The Bertz CT molecular complexity index is 1000. The van der Waals surface area contributed by atoms with Gasteiger partial charge >= 0.3 is 0 Å². The summed E-state index contributed by atoms with van der Waals surface area (Å²) < 4.78 is 0. The lowest BCUT2D eigenvalue weighted by Crippen LogP contribution is -2.47. The average Bonchev–Trinajstić information content (AvgIpc) is 2.74. The minimum atomic E-state index is -0.213. The van der Waals surface area contributed by atoms with E-state index in [1.807, 2.05) is 19.1 Å². The van der Waals surface area contributed by atoms with Crippen molar-refractivity contribution in [1.29, 1.82) is 0 Å². The summed E-state index contributed by atoms with van der Waals surface area (Å²) in [6.45, 7) is 5.28. The highest BCUT2D eigenvalue weighted by Gasteiger charge is 2.19. The van der Waals surface area contributed by atoms with Crippen LogP contribution in [0.4, 0.5) is 17.3 Å². The number of rotatable bonds is 4. The zero-order valence-corrected chi connectivity index (χ0v) is 16.8. The molecule has 29 heavy (non-hydrogen) atoms. The largest absolute Gasteiger partial charge is 0.353 e. The second-order valence-corrected chi connectivity index (χ2v) is 7.24. The van der Waals surface area contributed by atoms with Gasteiger partial charge in [0.05, 0.1) is 5.56 Å². The molecular weight excluding hydrogens is 388 g/mol. The summed E-state index contributed by atoms with van der Waals surface area (Å²) >= 11 is 5.96. The van der Waals surface area contributed by atoms with Crippen molar-refractivity contribution >= 4 is 34.8 Å². The van der Waals surface area contributed by atoms with Crippen molar-refractivity contribution in [3.63, 3.8) is 0 Å². The molecule has 0 unspecified atom stereocenters. The Labute approximate surface area is 174 Å². The van der Waals surface area contributed by atoms with Crippen LogP contribution >= 0.6 is 11.6 Å². The number of amides is 1. The Hall–Kier alpha value is -3.19. The van der Waals surface area contributed by atoms with Gasteiger partial charge in [-0.2, -0.15) is 0 Å². The number of benzene rings is 1. The van der Waals surface area contributed by atoms with E-state index in [4.69, 9.17) is 11.6 Å². The van der Waals surface area contributed by atoms with Gasteiger partial charge in [0, 0.05) is 49.3 Å². The number of aryl methyl sites for hydroxylation is 1. The third kappa shape index (κ3) is 4.63. The fourth-order valence-electron chi connectivity index (χ4n) is 3.26. The summed E-state index contributed by atoms with van der Waals surface area (Å²) in [5, 5.41) is 3.41. The van der Waals surface area contributed by atoms with Crippen LogP contribution in [-0.2, 0) is 0 Å². The lowest BCUT2D eigenvalue weighted by atomic mass is 10.2. The number of halogens is 1. The highest BCUT2D eigenvalue weighted by Crippen LogP contribution is 2.19. The van der Waals surface area contributed by atoms with Crippen LogP contribution in [0, 0.1) is 6.92 Å². The highest BCUT2D eigenvalue weighted by molar-refractivity contribution is 6.30. The van der Waals surface area contributed by atoms with Gasteiger partial charge in [-0.25, -0.2) is 15.0 Å². The summed E-state index contributed by atoms with van der Waals surface area (Å²) in [4.78, 5) is 30.0. The van der Waals surface area contributed by atoms with Gasteiger partial charge in [-0.15, -0.1) is 0 Å². The summed E-state index contributed by atoms with van der Waals surface area (Å²) in [5.74, 6) is 2.38. The minimum Gasteiger partial charge on any atom is -0.353 e. The molecule has 1 aliphatic heterocycles. The third-order valence-electron chi connectivity index (χ3n) is 4.78. The molecule has 2 aromatic heterocycles. The van der Waals surface area contributed by atoms with Crippen LogP contribution in [0.5, 0.6) is 0 Å². The molecule has 3 aromatic rings. The topological polar surface area (TPSA) is 74.2 Å². The van der Waals surface area contributed by atoms with Crippen molar-refractivity contribution in [1.82, 2.24) is 15.0 Å². The minimum absolute atomic E-state index is 0.213. The highest BCUT2D eigenvalue weighted by atomic mass is 35.5. The normalized spacial score (nSPS) is 14.0. The number of carbonyl (C=O) groups excluding carboxylic acids is 1. The number of piperazine rings is 1. The number of nitrogens with one attached hydrogen (secondary N) is 1. The van der Waals surface area contributed by atoms with Gasteiger partial charge in [-0.05, 0) is 43.3 Å². The van der Waals surface area contributed by atoms with E-state index < -0.39 is 0 Å². The standard InChI is InChI=1S/C21H21ClN6O/c1-15-23-8-7-20(25-15)28-11-9-27(10-12-28)19-6-5-16(14-24-19)21(29)26-18-4-2-3-17(22)13-18/h2-8,13-14H,9-12H2,1H3,(H,26,29). The number of pyridine rings is 1. The van der Waals surface area contributed by atoms with E-state index in [0.717, 1.165) is 43.6 Å². The van der Waals surface area contributed by atoms with Crippen LogP contribution in [0.1, 0.15) is 16.2 Å². The number of hydrogen-bond acceptors (Lipinski definition) is 6. The van der Waals surface area contributed by atoms with Crippen LogP contribution in [0.15, 0.2) is 54.9 Å². The van der Waals surface area contributed by atoms with E-state index in [-0.39, 0.29) is 5.91 Å². The molecule has 4 rings (SSSR count). The summed E-state index contributed by atoms with van der Waals surface area (Å²) in [5.41, 5.74) is 1.16. The molecule has 7 nitrogen and oxygen atoms in total. The first-order valence-electron chi connectivity index (χ1n) is 9.41. The van der Waals surface area contributed by atoms with Crippen molar-refractivity contribution in [3.05, 3.63) is 71.3 Å². The second-order valence-electron chi connectivity index (χ2n) is 6.81. The molecule has 1 aromatic carbocycles. The van der Waals surface area contributed by atoms with E-state index in [1.165, 1.54) is 0 Å². The molecule has 0 atom stereocenters. The maximum absolute atomic E-state index is 12.4. The van der Waals surface area contributed by atoms with E-state index in [1.54, 1.807) is 42.7 Å². The molecule has 0 aliphatic carbocycles. The van der Waals surface area contributed by atoms with Gasteiger partial charge in [0.15, 0.2) is 0 Å². The first-order valence-corrected chi connectivity index (χ1v) is 9.79. The van der Waals surface area contributed by atoms with Gasteiger partial charge in [0.2, 0.25) is 0 Å². The quantitative estimate of drug-likeness (QED) is 0.713. The Morgan fingerprint density at radius 2 is 1.76 bits per heavy atom. The molecule has 8 heteroatoms. The molecule has 0 saturated carbocycles. The zero-order valence-electron chi connectivity index (χ0n) is 16.0. The first kappa shape index (κ1) is 19.1. The summed E-state index contributed by atoms with van der Waals surface area (Å²) in [6.07, 6.45) is 3.40. The molecule has 1 amide bonds. The fraction of sp³-hybridized carbons (Fsp3) is 0.238. The van der Waals surface area contributed by atoms with Gasteiger partial charge in [-0.1, -0.05) is 17.7 Å². The number of anilines is 3. The number of nitrogens with zero attached hydrogens (tertiary/aromatic N) is 5. The first-order chi connectivity index (χ1) is 14.1. The molecule has 1 saturated heterocycles. The van der Waals surface area contributed by atoms with Gasteiger partial charge < -0.3 is 15.1 Å². The van der Waals surface area contributed by atoms with Crippen LogP contribution in [0.2, 0.25) is 5.02 Å². The molecule has 1 N–H and O–H groups in total. The molecule has 0 radical (unpaired) electrons. The fourth-order valence-corrected chi connectivity index (χ4v) is 3.45. The monoisotopic (exact) mass is 408 g/mol. The van der Waals surface area contributed by atoms with Crippen molar-refractivity contribution < 1.29 is 4.79 Å². The molecule has 148 valence electrons. The van der Waals surface area contributed by atoms with Crippen LogP contribution in [-0.4, -0.2) is 47.0 Å². The maximum atomic E-state index is 12.4. The van der Waals surface area contributed by atoms with Gasteiger partial charge in [-0.3, -0.25) is 4.79 Å². The molecule has 3 heterocycles. The van der Waals surface area contributed by atoms with Crippen LogP contribution in [0.25, 0.3) is 0 Å². The Kier molecular flexibility index (Phi) is 5.57. The van der Waals surface area contributed by atoms with Crippen LogP contribution < -0.4 is 15.1 Å². The smallest absolute Gasteiger partial charge is 0.257 e. The van der Waals surface area contributed by atoms with E-state index in [2.05, 4.69) is 30.1 Å². The zero-order chi connectivity index (χ0) is 20.2. The second kappa shape index (κ2) is 8.45.